The summed E-state index contributed by atoms with van der Waals surface area (Å²) in [7, 11) is 0. The second-order valence-corrected chi connectivity index (χ2v) is 6.32. The summed E-state index contributed by atoms with van der Waals surface area (Å²) in [5.41, 5.74) is 0.715. The van der Waals surface area contributed by atoms with Crippen LogP contribution in [0.2, 0.25) is 0 Å². The fourth-order valence-electron chi connectivity index (χ4n) is 2.53. The molecule has 3 rings (SSSR count). The molecule has 9 heteroatoms. The number of halogens is 4. The Kier molecular flexibility index (Phi) is 6.86. The molecule has 2 N–H and O–H groups in total. The number of alkyl halides is 3. The van der Waals surface area contributed by atoms with Crippen LogP contribution in [-0.4, -0.2) is 23.6 Å². The minimum absolute atomic E-state index is 0.000678. The smallest absolute Gasteiger partial charge is 0.405 e. The van der Waals surface area contributed by atoms with Gasteiger partial charge in [-0.05, 0) is 48.0 Å². The third kappa shape index (κ3) is 6.84. The molecular formula is C22H17F4N3O2. The van der Waals surface area contributed by atoms with Crippen LogP contribution in [0.3, 0.4) is 0 Å². The van der Waals surface area contributed by atoms with Crippen molar-refractivity contribution in [2.24, 2.45) is 0 Å². The molecule has 31 heavy (non-hydrogen) atoms. The van der Waals surface area contributed by atoms with Crippen LogP contribution in [-0.2, 0) is 4.79 Å². The molecule has 160 valence electrons. The second-order valence-electron chi connectivity index (χ2n) is 6.32. The van der Waals surface area contributed by atoms with E-state index in [0.29, 0.717) is 11.3 Å². The molecule has 0 aliphatic carbocycles. The van der Waals surface area contributed by atoms with E-state index in [9.17, 15) is 22.4 Å². The summed E-state index contributed by atoms with van der Waals surface area (Å²) in [5, 5.41) is 4.73. The Morgan fingerprint density at radius 1 is 1.06 bits per heavy atom. The molecule has 0 aliphatic heterocycles. The minimum atomic E-state index is -4.39. The fourth-order valence-corrected chi connectivity index (χ4v) is 2.53. The maximum absolute atomic E-state index is 14.3. The summed E-state index contributed by atoms with van der Waals surface area (Å²) in [6.07, 6.45) is 1.13. The molecule has 0 spiro atoms. The number of aromatic nitrogens is 1. The highest BCUT2D eigenvalue weighted by Gasteiger charge is 2.27. The van der Waals surface area contributed by atoms with Crippen molar-refractivity contribution in [3.05, 3.63) is 84.4 Å². The van der Waals surface area contributed by atoms with Crippen LogP contribution in [0.5, 0.6) is 11.5 Å². The number of ether oxygens (including phenoxy) is 1. The average Bonchev–Trinajstić information content (AvgIpc) is 2.73. The quantitative estimate of drug-likeness (QED) is 0.376. The van der Waals surface area contributed by atoms with Crippen molar-refractivity contribution in [1.29, 1.82) is 0 Å². The summed E-state index contributed by atoms with van der Waals surface area (Å²) in [6, 6.07) is 13.4. The summed E-state index contributed by atoms with van der Waals surface area (Å²) < 4.78 is 56.9. The van der Waals surface area contributed by atoms with Gasteiger partial charge in [0.1, 0.15) is 12.3 Å². The number of carbonyl (C=O) groups excluding carboxylic acids is 1. The number of rotatable bonds is 7. The van der Waals surface area contributed by atoms with Gasteiger partial charge in [0.05, 0.1) is 17.6 Å². The Labute approximate surface area is 175 Å². The van der Waals surface area contributed by atoms with Gasteiger partial charge < -0.3 is 15.4 Å². The number of nitrogens with zero attached hydrogens (tertiary/aromatic N) is 1. The first-order valence-corrected chi connectivity index (χ1v) is 9.06. The van der Waals surface area contributed by atoms with Gasteiger partial charge in [-0.15, -0.1) is 0 Å². The molecule has 1 aromatic heterocycles. The first-order valence-electron chi connectivity index (χ1n) is 9.06. The van der Waals surface area contributed by atoms with Gasteiger partial charge in [-0.25, -0.2) is 4.39 Å². The molecule has 0 radical (unpaired) electrons. The van der Waals surface area contributed by atoms with E-state index < -0.39 is 24.4 Å². The first kappa shape index (κ1) is 21.8. The number of nitrogens with one attached hydrogen (secondary N) is 2. The molecular weight excluding hydrogens is 414 g/mol. The Morgan fingerprint density at radius 2 is 1.84 bits per heavy atom. The van der Waals surface area contributed by atoms with Gasteiger partial charge in [0, 0.05) is 12.3 Å². The summed E-state index contributed by atoms with van der Waals surface area (Å²) in [4.78, 5) is 16.0. The van der Waals surface area contributed by atoms with E-state index in [-0.39, 0.29) is 17.1 Å². The van der Waals surface area contributed by atoms with Gasteiger partial charge in [-0.2, -0.15) is 13.2 Å². The van der Waals surface area contributed by atoms with Crippen molar-refractivity contribution in [1.82, 2.24) is 4.98 Å². The van der Waals surface area contributed by atoms with Crippen molar-refractivity contribution in [2.45, 2.75) is 6.18 Å². The maximum atomic E-state index is 14.3. The number of hydrogen-bond acceptors (Lipinski definition) is 4. The maximum Gasteiger partial charge on any atom is 0.405 e. The van der Waals surface area contributed by atoms with E-state index in [1.54, 1.807) is 36.5 Å². The number of benzene rings is 2. The van der Waals surface area contributed by atoms with Gasteiger partial charge in [-0.1, -0.05) is 18.2 Å². The van der Waals surface area contributed by atoms with Crippen LogP contribution < -0.4 is 15.4 Å². The Hall–Kier alpha value is -3.88. The van der Waals surface area contributed by atoms with E-state index >= 15 is 0 Å². The lowest BCUT2D eigenvalue weighted by atomic mass is 10.2. The second kappa shape index (κ2) is 9.75. The van der Waals surface area contributed by atoms with E-state index in [1.165, 1.54) is 36.5 Å². The molecule has 0 saturated heterocycles. The SMILES string of the molecule is O=C(/C=C/c1ccc(Oc2cccnc2)c(F)c1)Nc1ccccc1NCC(F)(F)F. The fraction of sp³-hybridized carbons (Fsp3) is 0.0909. The lowest BCUT2D eigenvalue weighted by Crippen LogP contribution is -2.22. The van der Waals surface area contributed by atoms with Crippen LogP contribution in [0.25, 0.3) is 6.08 Å². The van der Waals surface area contributed by atoms with Crippen LogP contribution in [0, 0.1) is 5.82 Å². The number of pyridine rings is 1. The summed E-state index contributed by atoms with van der Waals surface area (Å²) in [5.74, 6) is -0.841. The number of hydrogen-bond donors (Lipinski definition) is 2. The topological polar surface area (TPSA) is 63.2 Å². The van der Waals surface area contributed by atoms with Crippen LogP contribution in [0.4, 0.5) is 28.9 Å². The lowest BCUT2D eigenvalue weighted by Gasteiger charge is -2.13. The molecule has 0 aliphatic rings. The number of carbonyl (C=O) groups is 1. The van der Waals surface area contributed by atoms with Gasteiger partial charge in [0.15, 0.2) is 11.6 Å². The van der Waals surface area contributed by atoms with Gasteiger partial charge >= 0.3 is 6.18 Å². The molecule has 0 fully saturated rings. The van der Waals surface area contributed by atoms with Crippen molar-refractivity contribution in [3.8, 4) is 11.5 Å². The monoisotopic (exact) mass is 431 g/mol. The molecule has 0 unspecified atom stereocenters. The summed E-state index contributed by atoms with van der Waals surface area (Å²) >= 11 is 0. The van der Waals surface area contributed by atoms with E-state index in [0.717, 1.165) is 6.08 Å². The molecule has 1 amide bonds. The zero-order chi connectivity index (χ0) is 22.3. The van der Waals surface area contributed by atoms with Crippen molar-refractivity contribution < 1.29 is 27.1 Å². The minimum Gasteiger partial charge on any atom is -0.453 e. The summed E-state index contributed by atoms with van der Waals surface area (Å²) in [6.45, 7) is -1.23. The zero-order valence-corrected chi connectivity index (χ0v) is 16.0. The number of anilines is 2. The molecule has 5 nitrogen and oxygen atoms in total. The predicted octanol–water partition coefficient (Wildman–Crippen LogP) is 5.64. The van der Waals surface area contributed by atoms with Gasteiger partial charge in [-0.3, -0.25) is 9.78 Å². The third-order valence-corrected chi connectivity index (χ3v) is 3.91. The largest absolute Gasteiger partial charge is 0.453 e. The average molecular weight is 431 g/mol. The standard InChI is InChI=1S/C22H17F4N3O2/c23-17-12-15(7-9-20(17)31-16-4-3-11-27-13-16)8-10-21(30)29-19-6-2-1-5-18(19)28-14-22(24,25)26/h1-13,28H,14H2,(H,29,30)/b10-8+. The van der Waals surface area contributed by atoms with Gasteiger partial charge in [0.2, 0.25) is 5.91 Å². The van der Waals surface area contributed by atoms with Crippen molar-refractivity contribution >= 4 is 23.4 Å². The Balaban J connectivity index is 1.63. The van der Waals surface area contributed by atoms with Gasteiger partial charge in [0.25, 0.3) is 0 Å². The normalized spacial score (nSPS) is 11.4. The highest BCUT2D eigenvalue weighted by atomic mass is 19.4. The molecule has 3 aromatic rings. The number of amides is 1. The van der Waals surface area contributed by atoms with Crippen molar-refractivity contribution in [3.63, 3.8) is 0 Å². The molecule has 0 bridgehead atoms. The highest BCUT2D eigenvalue weighted by molar-refractivity contribution is 6.03. The molecule has 2 aromatic carbocycles. The predicted molar refractivity (Wildman–Crippen MR) is 109 cm³/mol. The Bertz CT molecular complexity index is 1070. The van der Waals surface area contributed by atoms with E-state index in [1.807, 2.05) is 0 Å². The highest BCUT2D eigenvalue weighted by Crippen LogP contribution is 2.26. The first-order chi connectivity index (χ1) is 14.8. The number of para-hydroxylation sites is 2. The van der Waals surface area contributed by atoms with Crippen LogP contribution >= 0.6 is 0 Å². The molecule has 0 atom stereocenters. The zero-order valence-electron chi connectivity index (χ0n) is 16.0. The Morgan fingerprint density at radius 3 is 2.52 bits per heavy atom. The third-order valence-electron chi connectivity index (χ3n) is 3.91. The molecule has 1 heterocycles. The van der Waals surface area contributed by atoms with E-state index in [2.05, 4.69) is 15.6 Å². The lowest BCUT2D eigenvalue weighted by molar-refractivity contribution is -0.115. The van der Waals surface area contributed by atoms with E-state index in [4.69, 9.17) is 4.74 Å². The van der Waals surface area contributed by atoms with Crippen LogP contribution in [0.15, 0.2) is 73.1 Å². The van der Waals surface area contributed by atoms with Crippen LogP contribution in [0.1, 0.15) is 5.56 Å². The molecule has 0 saturated carbocycles. The van der Waals surface area contributed by atoms with Crippen molar-refractivity contribution in [2.75, 3.05) is 17.2 Å².